The summed E-state index contributed by atoms with van der Waals surface area (Å²) in [5.41, 5.74) is 0.175. The molecular formula is C14H11FO3S. The summed E-state index contributed by atoms with van der Waals surface area (Å²) in [7, 11) is 0. The van der Waals surface area contributed by atoms with Gasteiger partial charge in [-0.1, -0.05) is 0 Å². The van der Waals surface area contributed by atoms with E-state index in [0.29, 0.717) is 11.2 Å². The van der Waals surface area contributed by atoms with Crippen molar-refractivity contribution < 1.29 is 18.7 Å². The average molecular weight is 278 g/mol. The molecule has 0 aliphatic heterocycles. The second kappa shape index (κ2) is 5.75. The molecule has 0 fully saturated rings. The maximum absolute atomic E-state index is 13.1. The SMILES string of the molecule is Cc1ccc(C(=O)COc2cc(F)cc(C=O)c2)s1. The molecule has 1 heterocycles. The van der Waals surface area contributed by atoms with Crippen LogP contribution < -0.4 is 4.74 Å². The molecule has 0 spiro atoms. The first-order chi connectivity index (χ1) is 9.08. The zero-order chi connectivity index (χ0) is 13.8. The Balaban J connectivity index is 2.04. The van der Waals surface area contributed by atoms with Crippen LogP contribution in [-0.2, 0) is 0 Å². The van der Waals surface area contributed by atoms with Gasteiger partial charge in [-0.15, -0.1) is 11.3 Å². The van der Waals surface area contributed by atoms with Gasteiger partial charge in [-0.3, -0.25) is 9.59 Å². The summed E-state index contributed by atoms with van der Waals surface area (Å²) in [5, 5.41) is 0. The minimum Gasteiger partial charge on any atom is -0.485 e. The van der Waals surface area contributed by atoms with Crippen molar-refractivity contribution in [2.45, 2.75) is 6.92 Å². The van der Waals surface area contributed by atoms with Gasteiger partial charge in [0.25, 0.3) is 0 Å². The van der Waals surface area contributed by atoms with Gasteiger partial charge >= 0.3 is 0 Å². The lowest BCUT2D eigenvalue weighted by atomic mass is 10.2. The Kier molecular flexibility index (Phi) is 4.06. The minimum absolute atomic E-state index is 0.170. The van der Waals surface area contributed by atoms with Crippen molar-refractivity contribution in [2.75, 3.05) is 6.61 Å². The van der Waals surface area contributed by atoms with Crippen molar-refractivity contribution in [3.8, 4) is 5.75 Å². The Hall–Kier alpha value is -2.01. The van der Waals surface area contributed by atoms with Crippen LogP contribution in [0.5, 0.6) is 5.75 Å². The van der Waals surface area contributed by atoms with Crippen LogP contribution in [0.25, 0.3) is 0 Å². The topological polar surface area (TPSA) is 43.4 Å². The maximum Gasteiger partial charge on any atom is 0.210 e. The molecule has 5 heteroatoms. The van der Waals surface area contributed by atoms with Gasteiger partial charge in [-0.05, 0) is 31.2 Å². The molecule has 0 saturated heterocycles. The van der Waals surface area contributed by atoms with E-state index in [1.165, 1.54) is 17.4 Å². The number of ether oxygens (including phenoxy) is 1. The molecule has 98 valence electrons. The van der Waals surface area contributed by atoms with Gasteiger partial charge in [0, 0.05) is 16.5 Å². The summed E-state index contributed by atoms with van der Waals surface area (Å²) in [6, 6.07) is 7.21. The normalized spacial score (nSPS) is 10.2. The van der Waals surface area contributed by atoms with E-state index in [2.05, 4.69) is 0 Å². The summed E-state index contributed by atoms with van der Waals surface area (Å²) in [6.07, 6.45) is 0.528. The van der Waals surface area contributed by atoms with Gasteiger partial charge in [0.1, 0.15) is 17.9 Å². The summed E-state index contributed by atoms with van der Waals surface area (Å²) >= 11 is 1.38. The first-order valence-electron chi connectivity index (χ1n) is 5.56. The zero-order valence-electron chi connectivity index (χ0n) is 10.2. The first-order valence-corrected chi connectivity index (χ1v) is 6.38. The van der Waals surface area contributed by atoms with Gasteiger partial charge in [-0.25, -0.2) is 4.39 Å². The molecular weight excluding hydrogens is 267 g/mol. The molecule has 2 aromatic rings. The predicted octanol–water partition coefficient (Wildman–Crippen LogP) is 3.27. The molecule has 1 aromatic carbocycles. The van der Waals surface area contributed by atoms with Gasteiger partial charge in [0.2, 0.25) is 5.78 Å². The summed E-state index contributed by atoms with van der Waals surface area (Å²) in [4.78, 5) is 24.0. The first kappa shape index (κ1) is 13.4. The molecule has 0 bridgehead atoms. The molecule has 0 radical (unpaired) electrons. The number of carbonyl (C=O) groups is 2. The van der Waals surface area contributed by atoms with E-state index in [1.54, 1.807) is 6.07 Å². The third-order valence-corrected chi connectivity index (χ3v) is 3.46. The molecule has 0 N–H and O–H groups in total. The minimum atomic E-state index is -0.570. The number of benzene rings is 1. The Labute approximate surface area is 113 Å². The Morgan fingerprint density at radius 3 is 2.79 bits per heavy atom. The summed E-state index contributed by atoms with van der Waals surface area (Å²) < 4.78 is 18.4. The largest absolute Gasteiger partial charge is 0.485 e. The number of hydrogen-bond acceptors (Lipinski definition) is 4. The van der Waals surface area contributed by atoms with Gasteiger partial charge in [0.15, 0.2) is 6.61 Å². The monoisotopic (exact) mass is 278 g/mol. The molecule has 3 nitrogen and oxygen atoms in total. The van der Waals surface area contributed by atoms with Crippen molar-refractivity contribution in [3.05, 3.63) is 51.5 Å². The van der Waals surface area contributed by atoms with E-state index >= 15 is 0 Å². The van der Waals surface area contributed by atoms with E-state index in [4.69, 9.17) is 4.74 Å². The summed E-state index contributed by atoms with van der Waals surface area (Å²) in [5.74, 6) is -0.572. The highest BCUT2D eigenvalue weighted by Crippen LogP contribution is 2.18. The Morgan fingerprint density at radius 1 is 1.37 bits per heavy atom. The number of hydrogen-bond donors (Lipinski definition) is 0. The Bertz CT molecular complexity index is 619. The van der Waals surface area contributed by atoms with Gasteiger partial charge in [0.05, 0.1) is 4.88 Å². The average Bonchev–Trinajstić information content (AvgIpc) is 2.82. The molecule has 2 rings (SSSR count). The van der Waals surface area contributed by atoms with E-state index in [9.17, 15) is 14.0 Å². The number of halogens is 1. The zero-order valence-corrected chi connectivity index (χ0v) is 11.0. The van der Waals surface area contributed by atoms with Gasteiger partial charge < -0.3 is 4.74 Å². The lowest BCUT2D eigenvalue weighted by Crippen LogP contribution is -2.10. The molecule has 0 unspecified atom stereocenters. The van der Waals surface area contributed by atoms with Crippen LogP contribution in [0.3, 0.4) is 0 Å². The number of Topliss-reactive ketones (excluding diaryl/α,β-unsaturated/α-hetero) is 1. The summed E-state index contributed by atoms with van der Waals surface area (Å²) in [6.45, 7) is 1.73. The maximum atomic E-state index is 13.1. The number of thiophene rings is 1. The van der Waals surface area contributed by atoms with Crippen LogP contribution in [0.4, 0.5) is 4.39 Å². The van der Waals surface area contributed by atoms with Crippen LogP contribution in [-0.4, -0.2) is 18.7 Å². The molecule has 19 heavy (non-hydrogen) atoms. The number of aldehydes is 1. The van der Waals surface area contributed by atoms with E-state index in [-0.39, 0.29) is 23.7 Å². The van der Waals surface area contributed by atoms with Crippen LogP contribution >= 0.6 is 11.3 Å². The molecule has 0 saturated carbocycles. The van der Waals surface area contributed by atoms with E-state index in [1.807, 2.05) is 13.0 Å². The lowest BCUT2D eigenvalue weighted by Gasteiger charge is -2.05. The van der Waals surface area contributed by atoms with Crippen molar-refractivity contribution in [1.82, 2.24) is 0 Å². The van der Waals surface area contributed by atoms with Crippen LogP contribution in [0.2, 0.25) is 0 Å². The van der Waals surface area contributed by atoms with Crippen molar-refractivity contribution in [1.29, 1.82) is 0 Å². The van der Waals surface area contributed by atoms with Gasteiger partial charge in [-0.2, -0.15) is 0 Å². The second-order valence-corrected chi connectivity index (χ2v) is 5.25. The number of rotatable bonds is 5. The van der Waals surface area contributed by atoms with E-state index < -0.39 is 5.82 Å². The third-order valence-electron chi connectivity index (χ3n) is 2.41. The highest BCUT2D eigenvalue weighted by molar-refractivity contribution is 7.14. The smallest absolute Gasteiger partial charge is 0.210 e. The number of carbonyl (C=O) groups excluding carboxylic acids is 2. The Morgan fingerprint density at radius 2 is 2.16 bits per heavy atom. The van der Waals surface area contributed by atoms with E-state index in [0.717, 1.165) is 17.0 Å². The van der Waals surface area contributed by atoms with Crippen LogP contribution in [0, 0.1) is 12.7 Å². The molecule has 0 atom stereocenters. The fourth-order valence-corrected chi connectivity index (χ4v) is 2.33. The molecule has 0 aliphatic rings. The second-order valence-electron chi connectivity index (χ2n) is 3.96. The molecule has 0 amide bonds. The van der Waals surface area contributed by atoms with Crippen LogP contribution in [0.15, 0.2) is 30.3 Å². The fourth-order valence-electron chi connectivity index (χ4n) is 1.54. The van der Waals surface area contributed by atoms with Crippen LogP contribution in [0.1, 0.15) is 24.9 Å². The lowest BCUT2D eigenvalue weighted by molar-refractivity contribution is 0.0925. The standard InChI is InChI=1S/C14H11FO3S/c1-9-2-3-14(19-9)13(17)8-18-12-5-10(7-16)4-11(15)6-12/h2-7H,8H2,1H3. The number of aryl methyl sites for hydroxylation is 1. The highest BCUT2D eigenvalue weighted by Gasteiger charge is 2.10. The van der Waals surface area contributed by atoms with Crippen molar-refractivity contribution in [3.63, 3.8) is 0 Å². The van der Waals surface area contributed by atoms with Crippen molar-refractivity contribution >= 4 is 23.4 Å². The quantitative estimate of drug-likeness (QED) is 0.622. The predicted molar refractivity (Wildman–Crippen MR) is 70.7 cm³/mol. The molecule has 1 aromatic heterocycles. The fraction of sp³-hybridized carbons (Fsp3) is 0.143. The number of ketones is 1. The third kappa shape index (κ3) is 3.48. The van der Waals surface area contributed by atoms with Crippen molar-refractivity contribution in [2.24, 2.45) is 0 Å². The molecule has 0 aliphatic carbocycles. The highest BCUT2D eigenvalue weighted by atomic mass is 32.1.